The summed E-state index contributed by atoms with van der Waals surface area (Å²) in [5.74, 6) is 0. The first kappa shape index (κ1) is 13.3. The van der Waals surface area contributed by atoms with E-state index in [9.17, 15) is 4.79 Å². The summed E-state index contributed by atoms with van der Waals surface area (Å²) in [7, 11) is 0. The van der Waals surface area contributed by atoms with E-state index in [2.05, 4.69) is 23.6 Å². The smallest absolute Gasteiger partial charge is 0.198 e. The van der Waals surface area contributed by atoms with Crippen molar-refractivity contribution < 1.29 is 0 Å². The van der Waals surface area contributed by atoms with Gasteiger partial charge in [0.2, 0.25) is 0 Å². The lowest BCUT2D eigenvalue weighted by molar-refractivity contribution is 1.18. The van der Waals surface area contributed by atoms with Gasteiger partial charge in [0.1, 0.15) is 4.83 Å². The minimum Gasteiger partial charge on any atom is -0.301 e. The molecule has 2 nitrogen and oxygen atoms in total. The van der Waals surface area contributed by atoms with Crippen molar-refractivity contribution in [3.05, 3.63) is 75.3 Å². The van der Waals surface area contributed by atoms with Crippen molar-refractivity contribution in [2.24, 2.45) is 0 Å². The molecule has 0 spiro atoms. The first-order valence-corrected chi connectivity index (χ1v) is 8.09. The summed E-state index contributed by atoms with van der Waals surface area (Å²) >= 11 is 1.69. The zero-order valence-electron chi connectivity index (χ0n) is 12.5. The molecule has 3 heteroatoms. The van der Waals surface area contributed by atoms with Gasteiger partial charge in [0, 0.05) is 16.0 Å². The van der Waals surface area contributed by atoms with Crippen LogP contribution in [0.3, 0.4) is 0 Å². The Bertz CT molecular complexity index is 1060. The SMILES string of the molecule is Cc1sc2c(c1C)c(=O)c1ccccc1n2-c1ccccc1. The van der Waals surface area contributed by atoms with Gasteiger partial charge in [0.15, 0.2) is 5.43 Å². The normalized spacial score (nSPS) is 11.4. The van der Waals surface area contributed by atoms with Crippen LogP contribution < -0.4 is 5.43 Å². The Balaban J connectivity index is 2.33. The maximum atomic E-state index is 12.9. The van der Waals surface area contributed by atoms with Gasteiger partial charge in [0.25, 0.3) is 0 Å². The van der Waals surface area contributed by atoms with E-state index in [0.29, 0.717) is 0 Å². The van der Waals surface area contributed by atoms with Crippen LogP contribution in [0, 0.1) is 13.8 Å². The molecular weight excluding hydrogens is 290 g/mol. The van der Waals surface area contributed by atoms with Crippen molar-refractivity contribution in [1.29, 1.82) is 0 Å². The summed E-state index contributed by atoms with van der Waals surface area (Å²) in [6.45, 7) is 4.12. The number of aromatic nitrogens is 1. The number of fused-ring (bicyclic) bond motifs is 2. The molecule has 4 rings (SSSR count). The monoisotopic (exact) mass is 305 g/mol. The van der Waals surface area contributed by atoms with E-state index < -0.39 is 0 Å². The van der Waals surface area contributed by atoms with Crippen LogP contribution in [0.15, 0.2) is 59.4 Å². The minimum absolute atomic E-state index is 0.139. The van der Waals surface area contributed by atoms with E-state index >= 15 is 0 Å². The first-order valence-electron chi connectivity index (χ1n) is 7.27. The largest absolute Gasteiger partial charge is 0.301 e. The number of hydrogen-bond acceptors (Lipinski definition) is 2. The molecule has 4 aromatic rings. The van der Waals surface area contributed by atoms with Crippen molar-refractivity contribution in [3.8, 4) is 5.69 Å². The summed E-state index contributed by atoms with van der Waals surface area (Å²) in [4.78, 5) is 15.1. The number of nitrogens with zero attached hydrogens (tertiary/aromatic N) is 1. The van der Waals surface area contributed by atoms with Crippen molar-refractivity contribution in [1.82, 2.24) is 4.57 Å². The Morgan fingerprint density at radius 1 is 0.909 bits per heavy atom. The van der Waals surface area contributed by atoms with Crippen LogP contribution in [0.5, 0.6) is 0 Å². The van der Waals surface area contributed by atoms with Crippen LogP contribution in [-0.2, 0) is 0 Å². The molecule has 0 N–H and O–H groups in total. The van der Waals surface area contributed by atoms with Crippen molar-refractivity contribution in [2.45, 2.75) is 13.8 Å². The number of rotatable bonds is 1. The van der Waals surface area contributed by atoms with Crippen LogP contribution in [0.1, 0.15) is 10.4 Å². The van der Waals surface area contributed by atoms with E-state index in [1.807, 2.05) is 49.4 Å². The molecule has 0 amide bonds. The fourth-order valence-electron chi connectivity index (χ4n) is 2.97. The molecule has 0 aliphatic heterocycles. The van der Waals surface area contributed by atoms with Gasteiger partial charge in [-0.25, -0.2) is 0 Å². The Labute approximate surface area is 132 Å². The molecule has 0 radical (unpaired) electrons. The van der Waals surface area contributed by atoms with Crippen LogP contribution in [0.4, 0.5) is 0 Å². The molecule has 0 saturated heterocycles. The van der Waals surface area contributed by atoms with Crippen molar-refractivity contribution >= 4 is 32.5 Å². The molecule has 0 bridgehead atoms. The summed E-state index contributed by atoms with van der Waals surface area (Å²) < 4.78 is 2.21. The predicted molar refractivity (Wildman–Crippen MR) is 94.4 cm³/mol. The maximum Gasteiger partial charge on any atom is 0.198 e. The van der Waals surface area contributed by atoms with Crippen molar-refractivity contribution in [2.75, 3.05) is 0 Å². The molecule has 0 atom stereocenters. The molecular formula is C19H15NOS. The van der Waals surface area contributed by atoms with Crippen molar-refractivity contribution in [3.63, 3.8) is 0 Å². The number of pyridine rings is 1. The Kier molecular flexibility index (Phi) is 2.91. The van der Waals surface area contributed by atoms with Gasteiger partial charge >= 0.3 is 0 Å². The zero-order valence-corrected chi connectivity index (χ0v) is 13.3. The average molecular weight is 305 g/mol. The maximum absolute atomic E-state index is 12.9. The molecule has 2 aromatic heterocycles. The Morgan fingerprint density at radius 3 is 2.36 bits per heavy atom. The Hall–Kier alpha value is -2.39. The van der Waals surface area contributed by atoms with Gasteiger partial charge in [-0.15, -0.1) is 11.3 Å². The number of benzene rings is 2. The summed E-state index contributed by atoms with van der Waals surface area (Å²) in [5, 5.41) is 1.63. The molecule has 2 aromatic carbocycles. The van der Waals surface area contributed by atoms with Crippen LogP contribution in [0.25, 0.3) is 26.8 Å². The van der Waals surface area contributed by atoms with Crippen LogP contribution in [0.2, 0.25) is 0 Å². The van der Waals surface area contributed by atoms with Gasteiger partial charge in [-0.2, -0.15) is 0 Å². The van der Waals surface area contributed by atoms with E-state index in [1.54, 1.807) is 11.3 Å². The quantitative estimate of drug-likeness (QED) is 0.494. The second-order valence-electron chi connectivity index (χ2n) is 5.48. The number of thiophene rings is 1. The molecule has 0 aliphatic rings. The third-order valence-corrected chi connectivity index (χ3v) is 5.39. The molecule has 2 heterocycles. The molecule has 0 unspecified atom stereocenters. The molecule has 0 fully saturated rings. The van der Waals surface area contributed by atoms with Crippen LogP contribution >= 0.6 is 11.3 Å². The van der Waals surface area contributed by atoms with E-state index in [0.717, 1.165) is 32.4 Å². The third kappa shape index (κ3) is 1.76. The molecule has 0 saturated carbocycles. The lowest BCUT2D eigenvalue weighted by Gasteiger charge is -2.13. The predicted octanol–water partition coefficient (Wildman–Crippen LogP) is 4.82. The van der Waals surface area contributed by atoms with E-state index in [1.165, 1.54) is 4.88 Å². The fourth-order valence-corrected chi connectivity index (χ4v) is 4.16. The summed E-state index contributed by atoms with van der Waals surface area (Å²) in [6, 6.07) is 18.1. The van der Waals surface area contributed by atoms with Gasteiger partial charge in [-0.05, 0) is 43.7 Å². The first-order chi connectivity index (χ1) is 10.7. The molecule has 22 heavy (non-hydrogen) atoms. The summed E-state index contributed by atoms with van der Waals surface area (Å²) in [6.07, 6.45) is 0. The highest BCUT2D eigenvalue weighted by atomic mass is 32.1. The summed E-state index contributed by atoms with van der Waals surface area (Å²) in [5.41, 5.74) is 3.29. The van der Waals surface area contributed by atoms with Gasteiger partial charge < -0.3 is 4.57 Å². The lowest BCUT2D eigenvalue weighted by Crippen LogP contribution is -2.09. The standard InChI is InChI=1S/C19H15NOS/c1-12-13(2)22-19-17(12)18(21)15-10-6-7-11-16(15)20(19)14-8-4-3-5-9-14/h3-11H,1-2H3. The highest BCUT2D eigenvalue weighted by Crippen LogP contribution is 2.32. The lowest BCUT2D eigenvalue weighted by atomic mass is 10.1. The highest BCUT2D eigenvalue weighted by molar-refractivity contribution is 7.18. The van der Waals surface area contributed by atoms with Gasteiger partial charge in [-0.3, -0.25) is 4.79 Å². The number of aryl methyl sites for hydroxylation is 2. The molecule has 108 valence electrons. The van der Waals surface area contributed by atoms with Crippen LogP contribution in [-0.4, -0.2) is 4.57 Å². The number of para-hydroxylation sites is 2. The second kappa shape index (κ2) is 4.82. The third-order valence-electron chi connectivity index (χ3n) is 4.20. The topological polar surface area (TPSA) is 22.0 Å². The average Bonchev–Trinajstić information content (AvgIpc) is 2.84. The van der Waals surface area contributed by atoms with Gasteiger partial charge in [0.05, 0.1) is 10.9 Å². The molecule has 0 aliphatic carbocycles. The van der Waals surface area contributed by atoms with E-state index in [4.69, 9.17) is 0 Å². The minimum atomic E-state index is 0.139. The zero-order chi connectivity index (χ0) is 15.3. The second-order valence-corrected chi connectivity index (χ2v) is 6.68. The van der Waals surface area contributed by atoms with Gasteiger partial charge in [-0.1, -0.05) is 30.3 Å². The Morgan fingerprint density at radius 2 is 1.59 bits per heavy atom. The highest BCUT2D eigenvalue weighted by Gasteiger charge is 2.16. The fraction of sp³-hybridized carbons (Fsp3) is 0.105. The van der Waals surface area contributed by atoms with E-state index in [-0.39, 0.29) is 5.43 Å². The number of hydrogen-bond donors (Lipinski definition) is 0.